The average molecular weight is 442 g/mol. The lowest BCUT2D eigenvalue weighted by Crippen LogP contribution is -2.43. The molecule has 0 bridgehead atoms. The van der Waals surface area contributed by atoms with E-state index in [1.807, 2.05) is 0 Å². The minimum atomic E-state index is -0.303. The van der Waals surface area contributed by atoms with Crippen molar-refractivity contribution in [3.05, 3.63) is 64.7 Å². The summed E-state index contributed by atoms with van der Waals surface area (Å²) in [6.45, 7) is 5.93. The molecule has 3 amide bonds. The van der Waals surface area contributed by atoms with Gasteiger partial charge in [0.2, 0.25) is 5.91 Å². The van der Waals surface area contributed by atoms with Gasteiger partial charge in [-0.3, -0.25) is 14.4 Å². The minimum absolute atomic E-state index is 0.0369. The van der Waals surface area contributed by atoms with Crippen LogP contribution in [0.5, 0.6) is 0 Å². The normalized spacial score (nSPS) is 14.4. The summed E-state index contributed by atoms with van der Waals surface area (Å²) < 4.78 is 0. The van der Waals surface area contributed by atoms with E-state index in [9.17, 15) is 14.4 Å². The van der Waals surface area contributed by atoms with Crippen molar-refractivity contribution in [1.29, 1.82) is 0 Å². The molecule has 0 saturated carbocycles. The first-order chi connectivity index (χ1) is 14.8. The third-order valence-corrected chi connectivity index (χ3v) is 5.68. The lowest BCUT2D eigenvalue weighted by atomic mass is 9.95. The van der Waals surface area contributed by atoms with E-state index in [4.69, 9.17) is 11.6 Å². The number of anilines is 1. The second kappa shape index (κ2) is 10.4. The van der Waals surface area contributed by atoms with Gasteiger partial charge in [0.05, 0.1) is 10.6 Å². The highest BCUT2D eigenvalue weighted by Crippen LogP contribution is 2.21. The van der Waals surface area contributed by atoms with Crippen LogP contribution in [0.2, 0.25) is 5.02 Å². The Morgan fingerprint density at radius 2 is 1.68 bits per heavy atom. The van der Waals surface area contributed by atoms with Crippen LogP contribution in [-0.4, -0.2) is 42.3 Å². The van der Waals surface area contributed by atoms with E-state index in [0.29, 0.717) is 60.2 Å². The molecule has 2 aromatic rings. The monoisotopic (exact) mass is 441 g/mol. The highest BCUT2D eigenvalue weighted by molar-refractivity contribution is 6.34. The summed E-state index contributed by atoms with van der Waals surface area (Å²) in [5.41, 5.74) is 1.53. The maximum Gasteiger partial charge on any atom is 0.257 e. The molecule has 1 aliphatic rings. The molecule has 1 heterocycles. The first-order valence-electron chi connectivity index (χ1n) is 10.6. The number of hydrogen-bond donors (Lipinski definition) is 2. The second-order valence-corrected chi connectivity index (χ2v) is 8.62. The van der Waals surface area contributed by atoms with E-state index in [0.717, 1.165) is 0 Å². The molecular formula is C24H28ClN3O3. The molecule has 31 heavy (non-hydrogen) atoms. The third kappa shape index (κ3) is 6.07. The van der Waals surface area contributed by atoms with E-state index < -0.39 is 0 Å². The molecule has 2 N–H and O–H groups in total. The summed E-state index contributed by atoms with van der Waals surface area (Å²) in [6.07, 6.45) is 1.34. The van der Waals surface area contributed by atoms with Gasteiger partial charge in [0.1, 0.15) is 0 Å². The molecule has 0 spiro atoms. The van der Waals surface area contributed by atoms with Crippen molar-refractivity contribution in [1.82, 2.24) is 10.2 Å². The quantitative estimate of drug-likeness (QED) is 0.704. The average Bonchev–Trinajstić information content (AvgIpc) is 2.78. The number of hydrogen-bond acceptors (Lipinski definition) is 3. The van der Waals surface area contributed by atoms with Crippen LogP contribution in [0.3, 0.4) is 0 Å². The fraction of sp³-hybridized carbons (Fsp3) is 0.375. The van der Waals surface area contributed by atoms with Crippen LogP contribution in [-0.2, 0) is 4.79 Å². The predicted octanol–water partition coefficient (Wildman–Crippen LogP) is 4.22. The van der Waals surface area contributed by atoms with Gasteiger partial charge in [0.15, 0.2) is 0 Å². The standard InChI is InChI=1S/C24H28ClN3O3/c1-16(2)15-26-22(29)17-11-13-28(14-12-17)24(31)18-7-9-19(10-8-18)27-23(30)20-5-3-4-6-21(20)25/h3-10,16-17H,11-15H2,1-2H3,(H,26,29)(H,27,30). The topological polar surface area (TPSA) is 78.5 Å². The molecule has 164 valence electrons. The van der Waals surface area contributed by atoms with Gasteiger partial charge in [-0.1, -0.05) is 37.6 Å². The Kier molecular flexibility index (Phi) is 7.69. The summed E-state index contributed by atoms with van der Waals surface area (Å²) in [7, 11) is 0. The summed E-state index contributed by atoms with van der Waals surface area (Å²) in [5, 5.41) is 6.15. The van der Waals surface area contributed by atoms with E-state index in [2.05, 4.69) is 24.5 Å². The van der Waals surface area contributed by atoms with Crippen LogP contribution in [0.25, 0.3) is 0 Å². The van der Waals surface area contributed by atoms with Crippen LogP contribution in [0.4, 0.5) is 5.69 Å². The Bertz CT molecular complexity index is 935. The van der Waals surface area contributed by atoms with Gasteiger partial charge in [0.25, 0.3) is 11.8 Å². The van der Waals surface area contributed by atoms with Crippen molar-refractivity contribution in [3.63, 3.8) is 0 Å². The molecule has 3 rings (SSSR count). The molecule has 7 heteroatoms. The minimum Gasteiger partial charge on any atom is -0.356 e. The number of nitrogens with one attached hydrogen (secondary N) is 2. The molecule has 2 aromatic carbocycles. The van der Waals surface area contributed by atoms with Crippen molar-refractivity contribution >= 4 is 35.0 Å². The van der Waals surface area contributed by atoms with Crippen LogP contribution in [0.1, 0.15) is 47.4 Å². The number of likely N-dealkylation sites (tertiary alicyclic amines) is 1. The first-order valence-corrected chi connectivity index (χ1v) is 11.0. The summed E-state index contributed by atoms with van der Waals surface area (Å²) >= 11 is 6.06. The molecule has 1 aliphatic heterocycles. The lowest BCUT2D eigenvalue weighted by Gasteiger charge is -2.31. The number of benzene rings is 2. The summed E-state index contributed by atoms with van der Waals surface area (Å²) in [4.78, 5) is 39.2. The highest BCUT2D eigenvalue weighted by Gasteiger charge is 2.27. The largest absolute Gasteiger partial charge is 0.356 e. The number of piperidine rings is 1. The lowest BCUT2D eigenvalue weighted by molar-refractivity contribution is -0.126. The zero-order valence-electron chi connectivity index (χ0n) is 17.9. The zero-order chi connectivity index (χ0) is 22.4. The maximum absolute atomic E-state index is 12.8. The Morgan fingerprint density at radius 3 is 2.29 bits per heavy atom. The number of amides is 3. The highest BCUT2D eigenvalue weighted by atomic mass is 35.5. The number of carbonyl (C=O) groups is 3. The van der Waals surface area contributed by atoms with Gasteiger partial charge in [-0.05, 0) is 55.2 Å². The van der Waals surface area contributed by atoms with Crippen molar-refractivity contribution in [2.75, 3.05) is 25.0 Å². The molecule has 0 unspecified atom stereocenters. The zero-order valence-corrected chi connectivity index (χ0v) is 18.6. The Hall–Kier alpha value is -2.86. The first kappa shape index (κ1) is 22.8. The number of carbonyl (C=O) groups excluding carboxylic acids is 3. The second-order valence-electron chi connectivity index (χ2n) is 8.22. The molecule has 1 saturated heterocycles. The van der Waals surface area contributed by atoms with E-state index in [1.54, 1.807) is 53.4 Å². The van der Waals surface area contributed by atoms with Crippen LogP contribution < -0.4 is 10.6 Å². The molecule has 6 nitrogen and oxygen atoms in total. The van der Waals surface area contributed by atoms with E-state index >= 15 is 0 Å². The third-order valence-electron chi connectivity index (χ3n) is 5.35. The Balaban J connectivity index is 1.53. The van der Waals surface area contributed by atoms with E-state index in [1.165, 1.54) is 0 Å². The molecule has 1 fully saturated rings. The van der Waals surface area contributed by atoms with Crippen molar-refractivity contribution < 1.29 is 14.4 Å². The van der Waals surface area contributed by atoms with Gasteiger partial charge in [-0.2, -0.15) is 0 Å². The number of rotatable bonds is 6. The van der Waals surface area contributed by atoms with Crippen molar-refractivity contribution in [2.45, 2.75) is 26.7 Å². The van der Waals surface area contributed by atoms with Crippen LogP contribution in [0.15, 0.2) is 48.5 Å². The molecular weight excluding hydrogens is 414 g/mol. The fourth-order valence-electron chi connectivity index (χ4n) is 3.52. The SMILES string of the molecule is CC(C)CNC(=O)C1CCN(C(=O)c2ccc(NC(=O)c3ccccc3Cl)cc2)CC1. The van der Waals surface area contributed by atoms with Gasteiger partial charge < -0.3 is 15.5 Å². The van der Waals surface area contributed by atoms with Crippen molar-refractivity contribution in [3.8, 4) is 0 Å². The van der Waals surface area contributed by atoms with Crippen molar-refractivity contribution in [2.24, 2.45) is 11.8 Å². The van der Waals surface area contributed by atoms with Crippen LogP contribution in [0, 0.1) is 11.8 Å². The molecule has 0 aromatic heterocycles. The Morgan fingerprint density at radius 1 is 1.03 bits per heavy atom. The van der Waals surface area contributed by atoms with Crippen LogP contribution >= 0.6 is 11.6 Å². The molecule has 0 aliphatic carbocycles. The Labute approximate surface area is 188 Å². The maximum atomic E-state index is 12.8. The predicted molar refractivity (Wildman–Crippen MR) is 122 cm³/mol. The number of halogens is 1. The summed E-state index contributed by atoms with van der Waals surface area (Å²) in [5.74, 6) is 0.0974. The molecule has 0 radical (unpaired) electrons. The van der Waals surface area contributed by atoms with Gasteiger partial charge in [-0.15, -0.1) is 0 Å². The van der Waals surface area contributed by atoms with E-state index in [-0.39, 0.29) is 23.6 Å². The number of nitrogens with zero attached hydrogens (tertiary/aromatic N) is 1. The van der Waals surface area contributed by atoms with Gasteiger partial charge >= 0.3 is 0 Å². The molecule has 0 atom stereocenters. The van der Waals surface area contributed by atoms with Gasteiger partial charge in [-0.25, -0.2) is 0 Å². The summed E-state index contributed by atoms with van der Waals surface area (Å²) in [6, 6.07) is 13.6. The smallest absolute Gasteiger partial charge is 0.257 e. The fourth-order valence-corrected chi connectivity index (χ4v) is 3.74. The van der Waals surface area contributed by atoms with Gasteiger partial charge in [0, 0.05) is 36.8 Å².